The van der Waals surface area contributed by atoms with E-state index in [9.17, 15) is 8.42 Å². The van der Waals surface area contributed by atoms with Crippen molar-refractivity contribution in [2.45, 2.75) is 25.8 Å². The summed E-state index contributed by atoms with van der Waals surface area (Å²) in [7, 11) is -3.53. The highest BCUT2D eigenvalue weighted by atomic mass is 32.2. The Bertz CT molecular complexity index is 477. The molecule has 3 N–H and O–H groups in total. The molecule has 1 fully saturated rings. The van der Waals surface area contributed by atoms with E-state index in [0.717, 1.165) is 23.7 Å². The largest absolute Gasteiger partial charge is 0.359 e. The molecular formula is C9H16N4O2S2. The van der Waals surface area contributed by atoms with Crippen molar-refractivity contribution in [2.24, 2.45) is 5.14 Å². The average Bonchev–Trinajstić information content (AvgIpc) is 2.63. The molecule has 1 saturated heterocycles. The van der Waals surface area contributed by atoms with Crippen molar-refractivity contribution in [1.82, 2.24) is 9.29 Å². The zero-order chi connectivity index (χ0) is 12.5. The van der Waals surface area contributed by atoms with E-state index in [1.54, 1.807) is 11.3 Å². The first kappa shape index (κ1) is 12.7. The van der Waals surface area contributed by atoms with Gasteiger partial charge in [0.2, 0.25) is 0 Å². The summed E-state index contributed by atoms with van der Waals surface area (Å²) in [6.45, 7) is 2.90. The van der Waals surface area contributed by atoms with Crippen LogP contribution in [0.3, 0.4) is 0 Å². The smallest absolute Gasteiger partial charge is 0.276 e. The van der Waals surface area contributed by atoms with E-state index in [0.29, 0.717) is 13.1 Å². The second-order valence-electron chi connectivity index (χ2n) is 4.16. The predicted molar refractivity (Wildman–Crippen MR) is 68.2 cm³/mol. The number of rotatable bonds is 3. The Morgan fingerprint density at radius 3 is 2.65 bits per heavy atom. The van der Waals surface area contributed by atoms with Crippen LogP contribution in [0.2, 0.25) is 0 Å². The molecule has 1 aromatic heterocycles. The van der Waals surface area contributed by atoms with E-state index in [4.69, 9.17) is 5.14 Å². The zero-order valence-corrected chi connectivity index (χ0v) is 11.2. The van der Waals surface area contributed by atoms with Crippen LogP contribution in [0.15, 0.2) is 5.38 Å². The third-order valence-electron chi connectivity index (χ3n) is 2.76. The minimum Gasteiger partial charge on any atom is -0.359 e. The van der Waals surface area contributed by atoms with Gasteiger partial charge in [-0.3, -0.25) is 0 Å². The highest BCUT2D eigenvalue weighted by molar-refractivity contribution is 7.86. The number of nitrogens with zero attached hydrogens (tertiary/aromatic N) is 2. The van der Waals surface area contributed by atoms with Crippen LogP contribution in [-0.4, -0.2) is 36.8 Å². The lowest BCUT2D eigenvalue weighted by molar-refractivity contribution is 0.330. The van der Waals surface area contributed by atoms with Gasteiger partial charge in [-0.15, -0.1) is 11.3 Å². The van der Waals surface area contributed by atoms with Crippen molar-refractivity contribution in [3.8, 4) is 0 Å². The van der Waals surface area contributed by atoms with E-state index in [2.05, 4.69) is 10.3 Å². The normalized spacial score (nSPS) is 19.4. The fraction of sp³-hybridized carbons (Fsp3) is 0.667. The standard InChI is InChI=1S/C9H16N4O2S2/c1-7-6-16-9(11-7)12-8-2-4-13(5-3-8)17(10,14)15/h6,8H,2-5H2,1H3,(H,11,12)(H2,10,14,15). The number of hydrogen-bond acceptors (Lipinski definition) is 5. The number of anilines is 1. The summed E-state index contributed by atoms with van der Waals surface area (Å²) in [6.07, 6.45) is 1.52. The van der Waals surface area contributed by atoms with Crippen molar-refractivity contribution in [3.63, 3.8) is 0 Å². The maximum Gasteiger partial charge on any atom is 0.276 e. The Labute approximate surface area is 105 Å². The minimum absolute atomic E-state index is 0.276. The molecule has 0 aromatic carbocycles. The number of aryl methyl sites for hydroxylation is 1. The van der Waals surface area contributed by atoms with E-state index in [1.807, 2.05) is 12.3 Å². The van der Waals surface area contributed by atoms with Gasteiger partial charge in [-0.25, -0.2) is 10.1 Å². The molecule has 96 valence electrons. The molecule has 1 aromatic rings. The highest BCUT2D eigenvalue weighted by Gasteiger charge is 2.25. The molecule has 6 nitrogen and oxygen atoms in total. The third kappa shape index (κ3) is 3.38. The summed E-state index contributed by atoms with van der Waals surface area (Å²) in [4.78, 5) is 4.32. The monoisotopic (exact) mass is 276 g/mol. The molecule has 0 radical (unpaired) electrons. The Morgan fingerprint density at radius 1 is 1.53 bits per heavy atom. The SMILES string of the molecule is Cc1csc(NC2CCN(S(N)(=O)=O)CC2)n1. The van der Waals surface area contributed by atoms with Crippen LogP contribution >= 0.6 is 11.3 Å². The highest BCUT2D eigenvalue weighted by Crippen LogP contribution is 2.20. The number of thiazole rings is 1. The first-order valence-corrected chi connectivity index (χ1v) is 7.80. The van der Waals surface area contributed by atoms with Crippen molar-refractivity contribution in [3.05, 3.63) is 11.1 Å². The van der Waals surface area contributed by atoms with Crippen LogP contribution in [0.1, 0.15) is 18.5 Å². The Balaban J connectivity index is 1.87. The van der Waals surface area contributed by atoms with Gasteiger partial charge >= 0.3 is 0 Å². The molecule has 0 amide bonds. The average molecular weight is 276 g/mol. The van der Waals surface area contributed by atoms with E-state index >= 15 is 0 Å². The number of nitrogens with one attached hydrogen (secondary N) is 1. The summed E-state index contributed by atoms with van der Waals surface area (Å²) in [5, 5.41) is 11.3. The molecule has 0 spiro atoms. The molecule has 8 heteroatoms. The number of aromatic nitrogens is 1. The van der Waals surface area contributed by atoms with Gasteiger partial charge in [0.15, 0.2) is 5.13 Å². The Morgan fingerprint density at radius 2 is 2.18 bits per heavy atom. The van der Waals surface area contributed by atoms with Gasteiger partial charge in [0.1, 0.15) is 0 Å². The Hall–Kier alpha value is -0.700. The van der Waals surface area contributed by atoms with E-state index in [1.165, 1.54) is 4.31 Å². The molecular weight excluding hydrogens is 260 g/mol. The van der Waals surface area contributed by atoms with E-state index < -0.39 is 10.2 Å². The summed E-state index contributed by atoms with van der Waals surface area (Å²) in [6, 6.07) is 0.276. The zero-order valence-electron chi connectivity index (χ0n) is 9.59. The molecule has 0 atom stereocenters. The van der Waals surface area contributed by atoms with Crippen molar-refractivity contribution >= 4 is 26.7 Å². The lowest BCUT2D eigenvalue weighted by Gasteiger charge is -2.30. The van der Waals surface area contributed by atoms with Crippen LogP contribution in [0.25, 0.3) is 0 Å². The van der Waals surface area contributed by atoms with Crippen LogP contribution in [0.4, 0.5) is 5.13 Å². The third-order valence-corrected chi connectivity index (χ3v) is 4.74. The van der Waals surface area contributed by atoms with Gasteiger partial charge in [-0.2, -0.15) is 12.7 Å². The maximum atomic E-state index is 11.1. The Kier molecular flexibility index (Phi) is 3.67. The van der Waals surface area contributed by atoms with Crippen molar-refractivity contribution < 1.29 is 8.42 Å². The fourth-order valence-corrected chi connectivity index (χ4v) is 3.34. The van der Waals surface area contributed by atoms with Crippen molar-refractivity contribution in [1.29, 1.82) is 0 Å². The van der Waals surface area contributed by atoms with Gasteiger partial charge in [-0.1, -0.05) is 0 Å². The molecule has 1 aliphatic heterocycles. The lowest BCUT2D eigenvalue weighted by Crippen LogP contribution is -2.45. The maximum absolute atomic E-state index is 11.1. The van der Waals surface area contributed by atoms with Gasteiger partial charge in [0, 0.05) is 24.5 Å². The van der Waals surface area contributed by atoms with Gasteiger partial charge in [0.05, 0.1) is 5.69 Å². The molecule has 0 saturated carbocycles. The quantitative estimate of drug-likeness (QED) is 0.843. The van der Waals surface area contributed by atoms with Crippen LogP contribution in [0.5, 0.6) is 0 Å². The predicted octanol–water partition coefficient (Wildman–Crippen LogP) is 0.531. The molecule has 2 heterocycles. The molecule has 17 heavy (non-hydrogen) atoms. The molecule has 0 unspecified atom stereocenters. The van der Waals surface area contributed by atoms with Crippen molar-refractivity contribution in [2.75, 3.05) is 18.4 Å². The van der Waals surface area contributed by atoms with Crippen LogP contribution < -0.4 is 10.5 Å². The number of piperidine rings is 1. The second-order valence-corrected chi connectivity index (χ2v) is 6.56. The van der Waals surface area contributed by atoms with Gasteiger partial charge in [0.25, 0.3) is 10.2 Å². The molecule has 0 bridgehead atoms. The summed E-state index contributed by atoms with van der Waals surface area (Å²) in [5.74, 6) is 0. The van der Waals surface area contributed by atoms with Crippen LogP contribution in [-0.2, 0) is 10.2 Å². The van der Waals surface area contributed by atoms with E-state index in [-0.39, 0.29) is 6.04 Å². The van der Waals surface area contributed by atoms with Crippen LogP contribution in [0, 0.1) is 6.92 Å². The molecule has 2 rings (SSSR count). The summed E-state index contributed by atoms with van der Waals surface area (Å²) < 4.78 is 23.6. The first-order valence-electron chi connectivity index (χ1n) is 5.41. The second kappa shape index (κ2) is 4.89. The molecule has 0 aliphatic carbocycles. The summed E-state index contributed by atoms with van der Waals surface area (Å²) >= 11 is 1.57. The minimum atomic E-state index is -3.53. The number of nitrogens with two attached hydrogens (primary N) is 1. The fourth-order valence-electron chi connectivity index (χ4n) is 1.85. The summed E-state index contributed by atoms with van der Waals surface area (Å²) in [5.41, 5.74) is 1.000. The molecule has 1 aliphatic rings. The lowest BCUT2D eigenvalue weighted by atomic mass is 10.1. The first-order chi connectivity index (χ1) is 7.95. The topological polar surface area (TPSA) is 88.3 Å². The van der Waals surface area contributed by atoms with Gasteiger partial charge < -0.3 is 5.32 Å². The van der Waals surface area contributed by atoms with Gasteiger partial charge in [-0.05, 0) is 19.8 Å². The number of hydrogen-bond donors (Lipinski definition) is 2.